The zero-order valence-corrected chi connectivity index (χ0v) is 8.03. The predicted octanol–water partition coefficient (Wildman–Crippen LogP) is 2.91. The molecule has 1 aromatic rings. The van der Waals surface area contributed by atoms with Crippen molar-refractivity contribution in [2.45, 2.75) is 13.8 Å². The van der Waals surface area contributed by atoms with Crippen LogP contribution in [0.4, 0.5) is 5.69 Å². The van der Waals surface area contributed by atoms with Crippen LogP contribution in [0.15, 0.2) is 28.4 Å². The molecule has 68 valence electrons. The fraction of sp³-hybridized carbons (Fsp3) is 0.300. The van der Waals surface area contributed by atoms with Gasteiger partial charge in [-0.1, -0.05) is 0 Å². The van der Waals surface area contributed by atoms with E-state index >= 15 is 0 Å². The van der Waals surface area contributed by atoms with E-state index in [1.165, 1.54) is 0 Å². The Bertz CT molecular complexity index is 356. The fourth-order valence-corrected chi connectivity index (χ4v) is 1.22. The summed E-state index contributed by atoms with van der Waals surface area (Å²) < 4.78 is 0. The van der Waals surface area contributed by atoms with Crippen LogP contribution in [0.2, 0.25) is 0 Å². The van der Waals surface area contributed by atoms with Gasteiger partial charge in [0.2, 0.25) is 0 Å². The van der Waals surface area contributed by atoms with E-state index in [4.69, 9.17) is 0 Å². The Morgan fingerprint density at radius 3 is 2.54 bits per heavy atom. The van der Waals surface area contributed by atoms with Crippen LogP contribution < -0.4 is 0 Å². The Labute approximate surface area is 77.5 Å². The highest BCUT2D eigenvalue weighted by Gasteiger charge is 2.03. The van der Waals surface area contributed by atoms with Crippen LogP contribution in [0.25, 0.3) is 0 Å². The van der Waals surface area contributed by atoms with Crippen molar-refractivity contribution in [1.29, 1.82) is 0 Å². The van der Waals surface area contributed by atoms with Gasteiger partial charge in [0.1, 0.15) is 0 Å². The maximum atomic E-state index is 11.1. The Kier molecular flexibility index (Phi) is 2.90. The summed E-state index contributed by atoms with van der Waals surface area (Å²) in [6.07, 6.45) is 0. The quantitative estimate of drug-likeness (QED) is 0.504. The zero-order chi connectivity index (χ0) is 9.84. The smallest absolute Gasteiger partial charge is 0.160 e. The van der Waals surface area contributed by atoms with Gasteiger partial charge >= 0.3 is 0 Å². The largest absolute Gasteiger partial charge is 0.295 e. The molecule has 0 bridgehead atoms. The number of nitrogens with zero attached hydrogens (tertiary/aromatic N) is 2. The number of hydrogen-bond donors (Lipinski definition) is 0. The van der Waals surface area contributed by atoms with Gasteiger partial charge in [0, 0.05) is 12.6 Å². The first kappa shape index (κ1) is 9.58. The third kappa shape index (κ3) is 2.21. The molecule has 0 radical (unpaired) electrons. The number of carbonyl (C=O) groups is 1. The molecule has 0 atom stereocenters. The number of rotatable bonds is 2. The van der Waals surface area contributed by atoms with Gasteiger partial charge in [-0.3, -0.25) is 4.79 Å². The van der Waals surface area contributed by atoms with Crippen molar-refractivity contribution < 1.29 is 4.79 Å². The van der Waals surface area contributed by atoms with Gasteiger partial charge in [-0.15, -0.1) is 0 Å². The molecule has 0 aliphatic carbocycles. The maximum absolute atomic E-state index is 11.1. The van der Waals surface area contributed by atoms with Gasteiger partial charge in [0.15, 0.2) is 5.78 Å². The maximum Gasteiger partial charge on any atom is 0.160 e. The van der Waals surface area contributed by atoms with Crippen LogP contribution in [0.3, 0.4) is 0 Å². The predicted molar refractivity (Wildman–Crippen MR) is 51.6 cm³/mol. The van der Waals surface area contributed by atoms with Crippen LogP contribution >= 0.6 is 0 Å². The summed E-state index contributed by atoms with van der Waals surface area (Å²) in [4.78, 5) is 11.1. The summed E-state index contributed by atoms with van der Waals surface area (Å²) in [5.74, 6) is 0.0810. The molecule has 0 spiro atoms. The molecule has 0 amide bonds. The molecule has 1 aromatic carbocycles. The molecular formula is C10H12N2O. The Balaban J connectivity index is 3.12. The van der Waals surface area contributed by atoms with E-state index in [2.05, 4.69) is 10.2 Å². The first-order chi connectivity index (χ1) is 6.15. The third-order valence-corrected chi connectivity index (χ3v) is 1.80. The first-order valence-electron chi connectivity index (χ1n) is 4.06. The molecule has 1 rings (SSSR count). The SMILES string of the molecule is CN=Nc1ccc(C(C)=O)c(C)c1. The van der Waals surface area contributed by atoms with Crippen LogP contribution in [-0.2, 0) is 0 Å². The van der Waals surface area contributed by atoms with E-state index in [0.29, 0.717) is 0 Å². The molecule has 3 nitrogen and oxygen atoms in total. The molecule has 0 heterocycles. The second-order valence-electron chi connectivity index (χ2n) is 2.86. The summed E-state index contributed by atoms with van der Waals surface area (Å²) in [6, 6.07) is 5.42. The van der Waals surface area contributed by atoms with Crippen LogP contribution in [0.5, 0.6) is 0 Å². The first-order valence-corrected chi connectivity index (χ1v) is 4.06. The lowest BCUT2D eigenvalue weighted by atomic mass is 10.1. The highest BCUT2D eigenvalue weighted by Crippen LogP contribution is 2.18. The summed E-state index contributed by atoms with van der Waals surface area (Å²) in [6.45, 7) is 3.45. The van der Waals surface area contributed by atoms with Gasteiger partial charge in [-0.25, -0.2) is 0 Å². The topological polar surface area (TPSA) is 41.8 Å². The molecule has 3 heteroatoms. The van der Waals surface area contributed by atoms with Crippen molar-refractivity contribution in [3.63, 3.8) is 0 Å². The van der Waals surface area contributed by atoms with E-state index in [-0.39, 0.29) is 5.78 Å². The van der Waals surface area contributed by atoms with Gasteiger partial charge in [-0.2, -0.15) is 10.2 Å². The lowest BCUT2D eigenvalue weighted by Gasteiger charge is -2.01. The lowest BCUT2D eigenvalue weighted by molar-refractivity contribution is 0.101. The average molecular weight is 176 g/mol. The van der Waals surface area contributed by atoms with E-state index < -0.39 is 0 Å². The average Bonchev–Trinajstić information content (AvgIpc) is 2.04. The molecular weight excluding hydrogens is 164 g/mol. The fourth-order valence-electron chi connectivity index (χ4n) is 1.22. The minimum atomic E-state index is 0.0810. The van der Waals surface area contributed by atoms with Crippen LogP contribution in [0, 0.1) is 6.92 Å². The van der Waals surface area contributed by atoms with Gasteiger partial charge in [0.25, 0.3) is 0 Å². The summed E-state index contributed by atoms with van der Waals surface area (Å²) in [5, 5.41) is 7.54. The lowest BCUT2D eigenvalue weighted by Crippen LogP contribution is -1.94. The number of azo groups is 1. The monoisotopic (exact) mass is 176 g/mol. The van der Waals surface area contributed by atoms with Crippen molar-refractivity contribution in [2.75, 3.05) is 7.05 Å². The standard InChI is InChI=1S/C10H12N2O/c1-7-6-9(12-11-3)4-5-10(7)8(2)13/h4-6H,1-3H3. The van der Waals surface area contributed by atoms with E-state index in [1.807, 2.05) is 13.0 Å². The van der Waals surface area contributed by atoms with Crippen molar-refractivity contribution >= 4 is 11.5 Å². The summed E-state index contributed by atoms with van der Waals surface area (Å²) >= 11 is 0. The molecule has 0 unspecified atom stereocenters. The number of ketones is 1. The minimum Gasteiger partial charge on any atom is -0.295 e. The highest BCUT2D eigenvalue weighted by molar-refractivity contribution is 5.95. The van der Waals surface area contributed by atoms with E-state index in [9.17, 15) is 4.79 Å². The molecule has 0 saturated heterocycles. The summed E-state index contributed by atoms with van der Waals surface area (Å²) in [5.41, 5.74) is 2.47. The molecule has 0 aliphatic heterocycles. The van der Waals surface area contributed by atoms with Gasteiger partial charge in [-0.05, 0) is 37.6 Å². The number of aryl methyl sites for hydroxylation is 1. The normalized spacial score (nSPS) is 10.7. The third-order valence-electron chi connectivity index (χ3n) is 1.80. The number of hydrogen-bond acceptors (Lipinski definition) is 3. The van der Waals surface area contributed by atoms with Crippen molar-refractivity contribution in [3.05, 3.63) is 29.3 Å². The molecule has 0 fully saturated rings. The highest BCUT2D eigenvalue weighted by atomic mass is 16.1. The number of benzene rings is 1. The second-order valence-corrected chi connectivity index (χ2v) is 2.86. The van der Waals surface area contributed by atoms with Crippen molar-refractivity contribution in [1.82, 2.24) is 0 Å². The Hall–Kier alpha value is -1.51. The van der Waals surface area contributed by atoms with Gasteiger partial charge in [0.05, 0.1) is 5.69 Å². The second kappa shape index (κ2) is 3.94. The summed E-state index contributed by atoms with van der Waals surface area (Å²) in [7, 11) is 1.62. The van der Waals surface area contributed by atoms with E-state index in [1.54, 1.807) is 26.1 Å². The zero-order valence-electron chi connectivity index (χ0n) is 8.03. The Morgan fingerprint density at radius 1 is 1.38 bits per heavy atom. The molecule has 0 aliphatic rings. The molecule has 0 aromatic heterocycles. The van der Waals surface area contributed by atoms with Crippen molar-refractivity contribution in [3.8, 4) is 0 Å². The molecule has 13 heavy (non-hydrogen) atoms. The minimum absolute atomic E-state index is 0.0810. The molecule has 0 N–H and O–H groups in total. The van der Waals surface area contributed by atoms with Crippen molar-refractivity contribution in [2.24, 2.45) is 10.2 Å². The number of Topliss-reactive ketones (excluding diaryl/α,β-unsaturated/α-hetero) is 1. The van der Waals surface area contributed by atoms with E-state index in [0.717, 1.165) is 16.8 Å². The molecule has 0 saturated carbocycles. The number of carbonyl (C=O) groups excluding carboxylic acids is 1. The van der Waals surface area contributed by atoms with Crippen LogP contribution in [0.1, 0.15) is 22.8 Å². The van der Waals surface area contributed by atoms with Crippen LogP contribution in [-0.4, -0.2) is 12.8 Å². The van der Waals surface area contributed by atoms with Gasteiger partial charge < -0.3 is 0 Å². The Morgan fingerprint density at radius 2 is 2.08 bits per heavy atom.